The average Bonchev–Trinajstić information content (AvgIpc) is 3.75. The zero-order chi connectivity index (χ0) is 40.9. The van der Waals surface area contributed by atoms with Gasteiger partial charge in [-0.3, -0.25) is 0 Å². The zero-order valence-electron chi connectivity index (χ0n) is 36.1. The number of anilines is 3. The lowest BCUT2D eigenvalue weighted by atomic mass is 9.49. The normalized spacial score (nSPS) is 23.9. The molecule has 61 heavy (non-hydrogen) atoms. The molecule has 0 heterocycles. The molecule has 7 aromatic carbocycles. The summed E-state index contributed by atoms with van der Waals surface area (Å²) in [6.45, 7) is 7.27. The molecule has 2 bridgehead atoms. The molecule has 1 heteroatoms. The van der Waals surface area contributed by atoms with E-state index in [2.05, 4.69) is 183 Å². The van der Waals surface area contributed by atoms with Gasteiger partial charge in [0.1, 0.15) is 0 Å². The van der Waals surface area contributed by atoms with Crippen molar-refractivity contribution in [3.05, 3.63) is 186 Å². The van der Waals surface area contributed by atoms with E-state index in [1.165, 1.54) is 125 Å². The molecule has 0 aliphatic heterocycles. The van der Waals surface area contributed by atoms with Crippen LogP contribution in [0.4, 0.5) is 17.1 Å². The lowest BCUT2D eigenvalue weighted by Gasteiger charge is -2.54. The van der Waals surface area contributed by atoms with Crippen molar-refractivity contribution >= 4 is 17.1 Å². The molecule has 0 radical (unpaired) electrons. The number of hydrogen-bond donors (Lipinski definition) is 0. The highest BCUT2D eigenvalue weighted by molar-refractivity contribution is 5.95. The molecule has 5 aliphatic carbocycles. The van der Waals surface area contributed by atoms with Crippen LogP contribution in [0.1, 0.15) is 99.5 Å². The second kappa shape index (κ2) is 14.2. The van der Waals surface area contributed by atoms with Crippen LogP contribution in [0.3, 0.4) is 0 Å². The first-order chi connectivity index (χ1) is 29.9. The maximum Gasteiger partial charge on any atom is 0.0467 e. The topological polar surface area (TPSA) is 3.24 Å². The number of hydrogen-bond acceptors (Lipinski definition) is 1. The summed E-state index contributed by atoms with van der Waals surface area (Å²) in [6.07, 6.45) is 11.9. The van der Waals surface area contributed by atoms with Crippen LogP contribution in [0.2, 0.25) is 0 Å². The van der Waals surface area contributed by atoms with Gasteiger partial charge in [0.25, 0.3) is 0 Å². The molecule has 1 nitrogen and oxygen atoms in total. The molecule has 12 rings (SSSR count). The lowest BCUT2D eigenvalue weighted by Crippen LogP contribution is -2.49. The van der Waals surface area contributed by atoms with E-state index in [-0.39, 0.29) is 10.8 Å². The summed E-state index contributed by atoms with van der Waals surface area (Å²) in [7, 11) is 0. The summed E-state index contributed by atoms with van der Waals surface area (Å²) in [5.41, 5.74) is 22.4. The fourth-order valence-electron chi connectivity index (χ4n) is 14.2. The molecule has 1 unspecified atom stereocenters. The standard InChI is InChI=1S/C60H57N/c1-39-24-28-46(29-25-39)61(47-30-26-43(27-31-47)49-18-12-22-55-57(49)51-16-5-7-20-53(51)59(55)32-9-4-10-33-59)48-15-11-14-44(38-48)50-19-13-23-56-58(50)52-17-6-8-21-54(52)60(56)41(3)36-42-34-40(2)35-45(60)37-42/h5-8,11-31,38,40-42,45H,4,9-10,32-37H2,1-3H3/t40-,41+,42?,45+,60-/m1/s1. The summed E-state index contributed by atoms with van der Waals surface area (Å²) in [4.78, 5) is 2.46. The smallest absolute Gasteiger partial charge is 0.0467 e. The van der Waals surface area contributed by atoms with Crippen molar-refractivity contribution in [2.75, 3.05) is 4.90 Å². The molecule has 2 spiro atoms. The van der Waals surface area contributed by atoms with Crippen LogP contribution in [0.15, 0.2) is 158 Å². The van der Waals surface area contributed by atoms with E-state index in [1.54, 1.807) is 22.3 Å². The Bertz CT molecular complexity index is 2800. The Morgan fingerprint density at radius 3 is 1.80 bits per heavy atom. The zero-order valence-corrected chi connectivity index (χ0v) is 36.1. The summed E-state index contributed by atoms with van der Waals surface area (Å²) < 4.78 is 0. The first-order valence-corrected chi connectivity index (χ1v) is 23.5. The van der Waals surface area contributed by atoms with Gasteiger partial charge in [0.15, 0.2) is 0 Å². The SMILES string of the molecule is Cc1ccc(N(c2ccc(-c3cccc4c3-c3ccccc3C43CCCCC3)cc2)c2cccc(-c3cccc4c3-c3ccccc3[C@@]43[C@@H]4CC(C[C@@H](C)C4)C[C@@H]3C)c2)cc1. The van der Waals surface area contributed by atoms with E-state index >= 15 is 0 Å². The molecule has 0 aromatic heterocycles. The van der Waals surface area contributed by atoms with Crippen LogP contribution in [0.5, 0.6) is 0 Å². The van der Waals surface area contributed by atoms with E-state index in [4.69, 9.17) is 0 Å². The fraction of sp³-hybridized carbons (Fsp3) is 0.300. The summed E-state index contributed by atoms with van der Waals surface area (Å²) >= 11 is 0. The Morgan fingerprint density at radius 2 is 1.05 bits per heavy atom. The Balaban J connectivity index is 0.964. The number of rotatable bonds is 5. The molecule has 0 saturated heterocycles. The summed E-state index contributed by atoms with van der Waals surface area (Å²) in [6, 6.07) is 61.0. The van der Waals surface area contributed by atoms with Crippen molar-refractivity contribution in [2.24, 2.45) is 23.7 Å². The van der Waals surface area contributed by atoms with Gasteiger partial charge in [-0.05, 0) is 172 Å². The van der Waals surface area contributed by atoms with Gasteiger partial charge < -0.3 is 4.90 Å². The Hall–Kier alpha value is -5.66. The van der Waals surface area contributed by atoms with Crippen molar-refractivity contribution in [1.29, 1.82) is 0 Å². The second-order valence-corrected chi connectivity index (χ2v) is 19.8. The molecule has 7 aromatic rings. The third kappa shape index (κ3) is 5.51. The van der Waals surface area contributed by atoms with E-state index in [0.29, 0.717) is 11.8 Å². The first kappa shape index (κ1) is 37.1. The van der Waals surface area contributed by atoms with Gasteiger partial charge in [-0.25, -0.2) is 0 Å². The Labute approximate surface area is 363 Å². The monoisotopic (exact) mass is 791 g/mol. The van der Waals surface area contributed by atoms with Crippen LogP contribution in [0.25, 0.3) is 44.5 Å². The van der Waals surface area contributed by atoms with E-state index in [9.17, 15) is 0 Å². The highest BCUT2D eigenvalue weighted by Gasteiger charge is 2.57. The van der Waals surface area contributed by atoms with Crippen LogP contribution in [0, 0.1) is 30.6 Å². The minimum Gasteiger partial charge on any atom is -0.310 e. The van der Waals surface area contributed by atoms with Gasteiger partial charge in [0.05, 0.1) is 0 Å². The second-order valence-electron chi connectivity index (χ2n) is 19.8. The maximum atomic E-state index is 2.58. The number of benzene rings is 7. The maximum absolute atomic E-state index is 2.58. The summed E-state index contributed by atoms with van der Waals surface area (Å²) in [5.74, 6) is 2.97. The fourth-order valence-corrected chi connectivity index (χ4v) is 14.2. The van der Waals surface area contributed by atoms with E-state index < -0.39 is 0 Å². The van der Waals surface area contributed by atoms with Crippen LogP contribution in [-0.4, -0.2) is 0 Å². The number of nitrogens with zero attached hydrogens (tertiary/aromatic N) is 1. The van der Waals surface area contributed by atoms with Gasteiger partial charge >= 0.3 is 0 Å². The van der Waals surface area contributed by atoms with Gasteiger partial charge in [-0.2, -0.15) is 0 Å². The predicted molar refractivity (Wildman–Crippen MR) is 256 cm³/mol. The minimum atomic E-state index is 0.0817. The molecular weight excluding hydrogens is 735 g/mol. The highest BCUT2D eigenvalue weighted by Crippen LogP contribution is 2.66. The van der Waals surface area contributed by atoms with Gasteiger partial charge in [0, 0.05) is 27.9 Å². The number of fused-ring (bicyclic) bond motifs is 13. The minimum absolute atomic E-state index is 0.0817. The Kier molecular flexibility index (Phi) is 8.64. The van der Waals surface area contributed by atoms with Crippen molar-refractivity contribution < 1.29 is 0 Å². The van der Waals surface area contributed by atoms with Crippen LogP contribution >= 0.6 is 0 Å². The number of aryl methyl sites for hydroxylation is 1. The van der Waals surface area contributed by atoms with Gasteiger partial charge in [0.2, 0.25) is 0 Å². The highest BCUT2D eigenvalue weighted by atomic mass is 15.1. The Morgan fingerprint density at radius 1 is 0.459 bits per heavy atom. The molecule has 5 atom stereocenters. The molecule has 0 N–H and O–H groups in total. The van der Waals surface area contributed by atoms with Gasteiger partial charge in [-0.15, -0.1) is 0 Å². The molecule has 3 saturated carbocycles. The van der Waals surface area contributed by atoms with Gasteiger partial charge in [-0.1, -0.05) is 160 Å². The average molecular weight is 792 g/mol. The predicted octanol–water partition coefficient (Wildman–Crippen LogP) is 16.4. The first-order valence-electron chi connectivity index (χ1n) is 23.5. The largest absolute Gasteiger partial charge is 0.310 e. The van der Waals surface area contributed by atoms with E-state index in [0.717, 1.165) is 11.8 Å². The molecule has 5 aliphatic rings. The van der Waals surface area contributed by atoms with Crippen LogP contribution in [-0.2, 0) is 10.8 Å². The quantitative estimate of drug-likeness (QED) is 0.168. The third-order valence-corrected chi connectivity index (χ3v) is 16.4. The van der Waals surface area contributed by atoms with E-state index in [1.807, 2.05) is 0 Å². The van der Waals surface area contributed by atoms with Crippen LogP contribution < -0.4 is 4.90 Å². The molecule has 0 amide bonds. The van der Waals surface area contributed by atoms with Crippen molar-refractivity contribution in [3.63, 3.8) is 0 Å². The van der Waals surface area contributed by atoms with Crippen molar-refractivity contribution in [1.82, 2.24) is 0 Å². The lowest BCUT2D eigenvalue weighted by molar-refractivity contribution is 0.0426. The van der Waals surface area contributed by atoms with Crippen molar-refractivity contribution in [2.45, 2.75) is 89.4 Å². The molecular formula is C60H57N. The molecule has 3 fully saturated rings. The third-order valence-electron chi connectivity index (χ3n) is 16.4. The van der Waals surface area contributed by atoms with Crippen molar-refractivity contribution in [3.8, 4) is 44.5 Å². The summed E-state index contributed by atoms with van der Waals surface area (Å²) in [5, 5.41) is 0. The molecule has 302 valence electrons.